The van der Waals surface area contributed by atoms with E-state index in [0.717, 1.165) is 12.1 Å². The van der Waals surface area contributed by atoms with E-state index < -0.39 is 24.9 Å². The molecule has 8 heteroatoms. The molecule has 2 rings (SSSR count). The zero-order valence-electron chi connectivity index (χ0n) is 16.8. The lowest BCUT2D eigenvalue weighted by Crippen LogP contribution is -2.47. The van der Waals surface area contributed by atoms with Gasteiger partial charge in [0.2, 0.25) is 9.84 Å². The molecule has 0 spiro atoms. The summed E-state index contributed by atoms with van der Waals surface area (Å²) in [6, 6.07) is 12.0. The van der Waals surface area contributed by atoms with Crippen molar-refractivity contribution < 1.29 is 25.9 Å². The summed E-state index contributed by atoms with van der Waals surface area (Å²) < 4.78 is 58.4. The van der Waals surface area contributed by atoms with Crippen LogP contribution in [-0.4, -0.2) is 52.1 Å². The van der Waals surface area contributed by atoms with Gasteiger partial charge in [0.15, 0.2) is 0 Å². The highest BCUT2D eigenvalue weighted by atomic mass is 32.2. The number of benzene rings is 2. The molecule has 0 saturated carbocycles. The first-order valence-electron chi connectivity index (χ1n) is 9.27. The summed E-state index contributed by atoms with van der Waals surface area (Å²) in [7, 11) is -8.51. The van der Waals surface area contributed by atoms with Gasteiger partial charge in [-0.1, -0.05) is 24.3 Å². The monoisotopic (exact) mass is 427 g/mol. The van der Waals surface area contributed by atoms with Crippen LogP contribution in [0.25, 0.3) is 0 Å². The Morgan fingerprint density at radius 2 is 1.11 bits per heavy atom. The van der Waals surface area contributed by atoms with E-state index in [-0.39, 0.29) is 9.79 Å². The maximum absolute atomic E-state index is 12.2. The highest BCUT2D eigenvalue weighted by Crippen LogP contribution is 2.22. The Labute approximate surface area is 169 Å². The molecule has 0 atom stereocenters. The fourth-order valence-electron chi connectivity index (χ4n) is 2.87. The van der Waals surface area contributed by atoms with E-state index in [1.54, 1.807) is 18.2 Å². The smallest absolute Gasteiger partial charge is 0.206 e. The molecule has 0 aromatic heterocycles. The first kappa shape index (κ1) is 24.3. The number of quaternary nitrogens is 1. The van der Waals surface area contributed by atoms with Gasteiger partial charge in [-0.2, -0.15) is 0 Å². The predicted octanol–water partition coefficient (Wildman–Crippen LogP) is 3.31. The fourth-order valence-corrected chi connectivity index (χ4v) is 4.79. The largest absolute Gasteiger partial charge is 0.744 e. The average Bonchev–Trinajstić information content (AvgIpc) is 2.71. The molecule has 0 amide bonds. The van der Waals surface area contributed by atoms with Crippen molar-refractivity contribution in [3.63, 3.8) is 0 Å². The van der Waals surface area contributed by atoms with E-state index >= 15 is 0 Å². The second kappa shape index (κ2) is 10.2. The number of sulfone groups is 1. The third-order valence-corrected chi connectivity index (χ3v) is 7.74. The number of hydrogen-bond donors (Lipinski definition) is 0. The minimum Gasteiger partial charge on any atom is -0.744 e. The Bertz CT molecular complexity index is 934. The zero-order chi connectivity index (χ0) is 21.4. The Hall–Kier alpha value is -1.74. The van der Waals surface area contributed by atoms with Gasteiger partial charge in [-0.05, 0) is 58.0 Å². The van der Waals surface area contributed by atoms with Gasteiger partial charge >= 0.3 is 0 Å². The van der Waals surface area contributed by atoms with Gasteiger partial charge in [0.1, 0.15) is 10.1 Å². The first-order valence-corrected chi connectivity index (χ1v) is 12.2. The maximum Gasteiger partial charge on any atom is 0.206 e. The van der Waals surface area contributed by atoms with Crippen molar-refractivity contribution >= 4 is 20.0 Å². The van der Waals surface area contributed by atoms with E-state index in [9.17, 15) is 21.4 Å². The zero-order valence-corrected chi connectivity index (χ0v) is 18.5. The Kier molecular flexibility index (Phi) is 8.81. The third kappa shape index (κ3) is 6.13. The van der Waals surface area contributed by atoms with Crippen LogP contribution in [0.4, 0.5) is 0 Å². The van der Waals surface area contributed by atoms with E-state index in [0.29, 0.717) is 0 Å². The lowest BCUT2D eigenvalue weighted by Gasteiger charge is -2.34. The van der Waals surface area contributed by atoms with Gasteiger partial charge in [-0.3, -0.25) is 0 Å². The summed E-state index contributed by atoms with van der Waals surface area (Å²) >= 11 is 0. The standard InChI is InChI=1S/C12H10O5S2.C8H20N/c13-18(14,10-5-2-1-3-6-10)11-7-4-8-12(9-11)19(15,16)17;1-5-9(6-2,7-3)8-4/h1-9H,(H,15,16,17);5-8H2,1-4H3/q;+1/p-1. The van der Waals surface area contributed by atoms with E-state index in [1.165, 1.54) is 54.9 Å². The summed E-state index contributed by atoms with van der Waals surface area (Å²) in [6.07, 6.45) is 0. The molecule has 0 radical (unpaired) electrons. The summed E-state index contributed by atoms with van der Waals surface area (Å²) in [4.78, 5) is -0.754. The second-order valence-corrected chi connectivity index (χ2v) is 9.68. The SMILES string of the molecule is CC[N+](CC)(CC)CC.O=S(=O)([O-])c1cccc(S(=O)(=O)c2ccccc2)c1. The highest BCUT2D eigenvalue weighted by Gasteiger charge is 2.18. The van der Waals surface area contributed by atoms with Crippen LogP contribution in [0.3, 0.4) is 0 Å². The van der Waals surface area contributed by atoms with Gasteiger partial charge in [-0.25, -0.2) is 16.8 Å². The van der Waals surface area contributed by atoms with Gasteiger partial charge in [-0.15, -0.1) is 0 Å². The molecule has 2 aromatic rings. The molecule has 0 aliphatic carbocycles. The molecule has 156 valence electrons. The van der Waals surface area contributed by atoms with Crippen LogP contribution in [0.5, 0.6) is 0 Å². The minimum atomic E-state index is -4.68. The molecule has 6 nitrogen and oxygen atoms in total. The van der Waals surface area contributed by atoms with Crippen LogP contribution >= 0.6 is 0 Å². The molecule has 0 aliphatic heterocycles. The third-order valence-electron chi connectivity index (χ3n) is 5.14. The normalized spacial score (nSPS) is 12.2. The molecular weight excluding hydrogens is 398 g/mol. The van der Waals surface area contributed by atoms with Crippen molar-refractivity contribution in [3.8, 4) is 0 Å². The van der Waals surface area contributed by atoms with E-state index in [2.05, 4.69) is 27.7 Å². The van der Waals surface area contributed by atoms with Crippen LogP contribution in [0.15, 0.2) is 69.3 Å². The molecule has 0 bridgehead atoms. The highest BCUT2D eigenvalue weighted by molar-refractivity contribution is 7.91. The maximum atomic E-state index is 12.2. The summed E-state index contributed by atoms with van der Waals surface area (Å²) in [6.45, 7) is 14.2. The van der Waals surface area contributed by atoms with Gasteiger partial charge in [0.05, 0.1) is 40.9 Å². The average molecular weight is 428 g/mol. The first-order chi connectivity index (χ1) is 13.1. The van der Waals surface area contributed by atoms with Gasteiger partial charge in [0, 0.05) is 0 Å². The van der Waals surface area contributed by atoms with E-state index in [4.69, 9.17) is 0 Å². The van der Waals surface area contributed by atoms with Crippen LogP contribution in [0, 0.1) is 0 Å². The molecule has 0 fully saturated rings. The van der Waals surface area contributed by atoms with Crippen LogP contribution in [-0.2, 0) is 20.0 Å². The quantitative estimate of drug-likeness (QED) is 0.499. The predicted molar refractivity (Wildman–Crippen MR) is 109 cm³/mol. The topological polar surface area (TPSA) is 91.3 Å². The summed E-state index contributed by atoms with van der Waals surface area (Å²) in [5.41, 5.74) is 0. The molecule has 2 aromatic carbocycles. The Morgan fingerprint density at radius 3 is 1.50 bits per heavy atom. The number of rotatable bonds is 7. The second-order valence-electron chi connectivity index (χ2n) is 6.35. The van der Waals surface area contributed by atoms with Crippen molar-refractivity contribution in [3.05, 3.63) is 54.6 Å². The molecule has 28 heavy (non-hydrogen) atoms. The van der Waals surface area contributed by atoms with Crippen molar-refractivity contribution in [2.45, 2.75) is 42.4 Å². The minimum absolute atomic E-state index is 0.0375. The summed E-state index contributed by atoms with van der Waals surface area (Å²) in [5, 5.41) is 0. The van der Waals surface area contributed by atoms with Crippen LogP contribution < -0.4 is 0 Å². The van der Waals surface area contributed by atoms with E-state index in [1.807, 2.05) is 0 Å². The van der Waals surface area contributed by atoms with Crippen molar-refractivity contribution in [1.29, 1.82) is 0 Å². The number of hydrogen-bond acceptors (Lipinski definition) is 5. The molecular formula is C20H29NO5S2. The van der Waals surface area contributed by atoms with Crippen LogP contribution in [0.2, 0.25) is 0 Å². The van der Waals surface area contributed by atoms with Crippen LogP contribution in [0.1, 0.15) is 27.7 Å². The summed E-state index contributed by atoms with van der Waals surface area (Å²) in [5.74, 6) is 0. The Morgan fingerprint density at radius 1 is 0.679 bits per heavy atom. The Balaban J connectivity index is 0.000000370. The molecule has 0 unspecified atom stereocenters. The lowest BCUT2D eigenvalue weighted by atomic mass is 10.3. The number of nitrogens with zero attached hydrogens (tertiary/aromatic N) is 1. The molecule has 0 heterocycles. The fraction of sp³-hybridized carbons (Fsp3) is 0.400. The van der Waals surface area contributed by atoms with Gasteiger partial charge in [0.25, 0.3) is 0 Å². The van der Waals surface area contributed by atoms with Crippen molar-refractivity contribution in [2.75, 3.05) is 26.2 Å². The molecule has 0 saturated heterocycles. The van der Waals surface area contributed by atoms with Crippen molar-refractivity contribution in [2.24, 2.45) is 0 Å². The van der Waals surface area contributed by atoms with Gasteiger partial charge < -0.3 is 9.04 Å². The molecule has 0 aliphatic rings. The van der Waals surface area contributed by atoms with Crippen molar-refractivity contribution in [1.82, 2.24) is 0 Å². The molecule has 0 N–H and O–H groups in total. The lowest BCUT2D eigenvalue weighted by molar-refractivity contribution is -0.921.